The fourth-order valence-electron chi connectivity index (χ4n) is 8.27. The predicted molar refractivity (Wildman–Crippen MR) is 122 cm³/mol. The number of halogens is 3. The van der Waals surface area contributed by atoms with E-state index in [-0.39, 0.29) is 17.6 Å². The largest absolute Gasteiger partial charge is 0.490 e. The van der Waals surface area contributed by atoms with Crippen molar-refractivity contribution < 1.29 is 57.5 Å². The van der Waals surface area contributed by atoms with E-state index in [2.05, 4.69) is 6.58 Å². The van der Waals surface area contributed by atoms with E-state index in [4.69, 9.17) is 25.1 Å². The first kappa shape index (κ1) is 28.9. The van der Waals surface area contributed by atoms with Crippen LogP contribution in [0.15, 0.2) is 12.2 Å². The van der Waals surface area contributed by atoms with E-state index in [1.165, 1.54) is 6.92 Å². The van der Waals surface area contributed by atoms with E-state index < -0.39 is 82.6 Å². The average molecular weight is 550 g/mol. The molecular formula is C25H34F3NO9. The Labute approximate surface area is 217 Å². The molecule has 6 rings (SSSR count). The molecule has 10 atom stereocenters. The van der Waals surface area contributed by atoms with Crippen LogP contribution in [0.5, 0.6) is 0 Å². The van der Waals surface area contributed by atoms with E-state index in [1.807, 2.05) is 13.8 Å². The van der Waals surface area contributed by atoms with Crippen LogP contribution in [0.3, 0.4) is 0 Å². The fraction of sp³-hybridized carbons (Fsp3) is 0.800. The Balaban J connectivity index is 0.000000426. The van der Waals surface area contributed by atoms with Crippen molar-refractivity contribution in [2.24, 2.45) is 39.7 Å². The molecule has 4 aliphatic carbocycles. The number of aliphatic carboxylic acids is 1. The highest BCUT2D eigenvalue weighted by atomic mass is 19.4. The molecule has 4 saturated carbocycles. The van der Waals surface area contributed by atoms with Crippen LogP contribution in [0.4, 0.5) is 13.2 Å². The number of aliphatic hydroxyl groups is 3. The van der Waals surface area contributed by atoms with Gasteiger partial charge >= 0.3 is 18.1 Å². The Hall–Kier alpha value is -2.06. The summed E-state index contributed by atoms with van der Waals surface area (Å²) in [5.74, 6) is -7.58. The number of fused-ring (bicyclic) bond motifs is 2. The van der Waals surface area contributed by atoms with E-state index in [0.717, 1.165) is 0 Å². The summed E-state index contributed by atoms with van der Waals surface area (Å²) in [6.07, 6.45) is -6.08. The number of rotatable bonds is 2. The van der Waals surface area contributed by atoms with Crippen molar-refractivity contribution in [2.45, 2.75) is 82.8 Å². The molecule has 0 radical (unpaired) electrons. The minimum Gasteiger partial charge on any atom is -0.475 e. The normalized spacial score (nSPS) is 45.3. The first-order valence-electron chi connectivity index (χ1n) is 12.5. The third kappa shape index (κ3) is 3.48. The van der Waals surface area contributed by atoms with Gasteiger partial charge in [-0.05, 0) is 49.5 Å². The number of ether oxygens (including phenoxy) is 2. The van der Waals surface area contributed by atoms with Crippen molar-refractivity contribution in [2.75, 3.05) is 6.61 Å². The molecule has 13 heteroatoms. The number of esters is 1. The van der Waals surface area contributed by atoms with Gasteiger partial charge in [-0.15, -0.1) is 0 Å². The van der Waals surface area contributed by atoms with Crippen LogP contribution in [0, 0.1) is 34.0 Å². The van der Waals surface area contributed by atoms with Gasteiger partial charge in [-0.3, -0.25) is 9.59 Å². The topological polar surface area (TPSA) is 177 Å². The maximum atomic E-state index is 13.8. The van der Waals surface area contributed by atoms with Crippen LogP contribution in [-0.2, 0) is 23.9 Å². The number of carbonyl (C=O) groups is 3. The van der Waals surface area contributed by atoms with Crippen LogP contribution < -0.4 is 5.73 Å². The molecule has 6 fully saturated rings. The SMILES string of the molecule is C=C1C(=O)[C@]23[C@H](OC(=O)[C@H](C)N)[C@H]1CC[C@H]2[C@@]12CO[C@]3(O)[C@@H](O)[C@@H]1C(C)(C)CC[C@@H]2O.O=C(O)C(F)(F)F. The highest BCUT2D eigenvalue weighted by Gasteiger charge is 2.87. The predicted octanol–water partition coefficient (Wildman–Crippen LogP) is 0.907. The van der Waals surface area contributed by atoms with Crippen molar-refractivity contribution >= 4 is 17.7 Å². The third-order valence-electron chi connectivity index (χ3n) is 9.71. The number of ketones is 1. The quantitative estimate of drug-likeness (QED) is 0.246. The molecule has 6 N–H and O–H groups in total. The lowest BCUT2D eigenvalue weighted by molar-refractivity contribution is -0.458. The highest BCUT2D eigenvalue weighted by molar-refractivity contribution is 6.05. The van der Waals surface area contributed by atoms with Crippen LogP contribution in [0.2, 0.25) is 0 Å². The molecule has 0 amide bonds. The summed E-state index contributed by atoms with van der Waals surface area (Å²) in [7, 11) is 0. The van der Waals surface area contributed by atoms with E-state index in [0.29, 0.717) is 25.7 Å². The van der Waals surface area contributed by atoms with Gasteiger partial charge in [0.1, 0.15) is 23.7 Å². The number of carbonyl (C=O) groups excluding carboxylic acids is 2. The molecule has 0 unspecified atom stereocenters. The van der Waals surface area contributed by atoms with Gasteiger partial charge in [0.15, 0.2) is 5.78 Å². The van der Waals surface area contributed by atoms with Crippen LogP contribution >= 0.6 is 0 Å². The number of alkyl halides is 3. The summed E-state index contributed by atoms with van der Waals surface area (Å²) in [5, 5.41) is 42.0. The fourth-order valence-corrected chi connectivity index (χ4v) is 8.27. The van der Waals surface area contributed by atoms with Crippen LogP contribution in [0.1, 0.15) is 46.5 Å². The molecule has 214 valence electrons. The molecule has 0 aromatic heterocycles. The first-order valence-corrected chi connectivity index (χ1v) is 12.5. The standard InChI is InChI=1S/C23H33NO7.C2HF3O2/c1-10-12-5-6-13-21-9-30-23(29,17(27)15(21)20(3,4)8-7-14(21)25)22(13,16(10)26)18(12)31-19(28)11(2)24;3-2(4,5)1(6)7/h11-15,17-18,25,27,29H,1,5-9,24H2,2-4H3;(H,6,7)/t11-,12-,13-,14-,15+,17-,18+,21+,22-,23+;/m0./s1. The van der Waals surface area contributed by atoms with Crippen molar-refractivity contribution in [3.05, 3.63) is 12.2 Å². The van der Waals surface area contributed by atoms with Crippen molar-refractivity contribution in [1.29, 1.82) is 0 Å². The molecule has 6 aliphatic rings. The van der Waals surface area contributed by atoms with Crippen LogP contribution in [-0.4, -0.2) is 81.1 Å². The number of hydrogen-bond donors (Lipinski definition) is 5. The smallest absolute Gasteiger partial charge is 0.475 e. The van der Waals surface area contributed by atoms with E-state index in [9.17, 15) is 38.1 Å². The lowest BCUT2D eigenvalue weighted by atomic mass is 9.35. The van der Waals surface area contributed by atoms with Crippen molar-refractivity contribution in [3.63, 3.8) is 0 Å². The Bertz CT molecular complexity index is 1060. The van der Waals surface area contributed by atoms with Gasteiger partial charge in [0.25, 0.3) is 0 Å². The molecule has 4 bridgehead atoms. The minimum atomic E-state index is -5.08. The second-order valence-electron chi connectivity index (χ2n) is 12.0. The number of carboxylic acids is 1. The second-order valence-corrected chi connectivity index (χ2v) is 12.0. The molecule has 38 heavy (non-hydrogen) atoms. The zero-order valence-corrected chi connectivity index (χ0v) is 21.3. The average Bonchev–Trinajstić information content (AvgIpc) is 2.92. The highest BCUT2D eigenvalue weighted by Crippen LogP contribution is 2.76. The molecule has 2 aliphatic heterocycles. The summed E-state index contributed by atoms with van der Waals surface area (Å²) in [4.78, 5) is 35.3. The van der Waals surface area contributed by atoms with Gasteiger partial charge in [-0.1, -0.05) is 20.4 Å². The number of hydrogen-bond acceptors (Lipinski definition) is 9. The number of aliphatic hydroxyl groups excluding tert-OH is 2. The Kier molecular flexibility index (Phi) is 6.64. The lowest BCUT2D eigenvalue weighted by Crippen LogP contribution is -2.85. The zero-order chi connectivity index (χ0) is 28.8. The monoisotopic (exact) mass is 549 g/mol. The molecule has 0 aromatic carbocycles. The molecule has 2 spiro atoms. The Morgan fingerprint density at radius 1 is 1.21 bits per heavy atom. The first-order chi connectivity index (χ1) is 17.3. The van der Waals surface area contributed by atoms with Gasteiger partial charge in [-0.25, -0.2) is 4.79 Å². The van der Waals surface area contributed by atoms with E-state index >= 15 is 0 Å². The minimum absolute atomic E-state index is 0.0423. The van der Waals surface area contributed by atoms with Gasteiger partial charge in [-0.2, -0.15) is 13.2 Å². The third-order valence-corrected chi connectivity index (χ3v) is 9.71. The zero-order valence-electron chi connectivity index (χ0n) is 21.3. The second kappa shape index (κ2) is 8.72. The Morgan fingerprint density at radius 3 is 2.32 bits per heavy atom. The summed E-state index contributed by atoms with van der Waals surface area (Å²) >= 11 is 0. The number of Topliss-reactive ketones (excluding diaryl/α,β-unsaturated/α-hetero) is 1. The summed E-state index contributed by atoms with van der Waals surface area (Å²) < 4.78 is 43.5. The Morgan fingerprint density at radius 2 is 1.79 bits per heavy atom. The van der Waals surface area contributed by atoms with Crippen molar-refractivity contribution in [1.82, 2.24) is 0 Å². The van der Waals surface area contributed by atoms with Gasteiger partial charge in [0.2, 0.25) is 5.79 Å². The van der Waals surface area contributed by atoms with Crippen molar-refractivity contribution in [3.8, 4) is 0 Å². The maximum Gasteiger partial charge on any atom is 0.490 e. The number of carboxylic acid groups (broad SMARTS) is 1. The molecular weight excluding hydrogens is 515 g/mol. The van der Waals surface area contributed by atoms with Gasteiger partial charge in [0.05, 0.1) is 12.7 Å². The van der Waals surface area contributed by atoms with E-state index in [1.54, 1.807) is 0 Å². The molecule has 2 heterocycles. The van der Waals surface area contributed by atoms with Gasteiger partial charge in [0, 0.05) is 17.3 Å². The molecule has 2 saturated heterocycles. The van der Waals surface area contributed by atoms with Crippen LogP contribution in [0.25, 0.3) is 0 Å². The number of nitrogens with two attached hydrogens (primary N) is 1. The molecule has 10 nitrogen and oxygen atoms in total. The summed E-state index contributed by atoms with van der Waals surface area (Å²) in [6, 6.07) is -0.911. The lowest BCUT2D eigenvalue weighted by Gasteiger charge is -2.74. The summed E-state index contributed by atoms with van der Waals surface area (Å²) in [5.41, 5.74) is 2.98. The summed E-state index contributed by atoms with van der Waals surface area (Å²) in [6.45, 7) is 9.56. The molecule has 0 aromatic rings. The maximum absolute atomic E-state index is 13.8. The van der Waals surface area contributed by atoms with Gasteiger partial charge < -0.3 is 35.6 Å².